The molecule has 0 saturated heterocycles. The Morgan fingerprint density at radius 1 is 0.590 bits per heavy atom. The van der Waals surface area contributed by atoms with Gasteiger partial charge in [-0.05, 0) is 83.6 Å². The molecule has 2 aliphatic carbocycles. The topological polar surface area (TPSA) is 270 Å². The van der Waals surface area contributed by atoms with Gasteiger partial charge in [0.25, 0.3) is 23.6 Å². The third-order valence-electron chi connectivity index (χ3n) is 13.1. The van der Waals surface area contributed by atoms with Crippen molar-refractivity contribution in [1.29, 1.82) is 0 Å². The van der Waals surface area contributed by atoms with Gasteiger partial charge < -0.3 is 41.0 Å². The lowest BCUT2D eigenvalue weighted by atomic mass is 10.0. The quantitative estimate of drug-likeness (QED) is 0.0469. The molecular weight excluding hydrogens is 1120 g/mol. The molecule has 0 spiro atoms. The van der Waals surface area contributed by atoms with Crippen molar-refractivity contribution in [3.05, 3.63) is 188 Å². The van der Waals surface area contributed by atoms with E-state index in [1.807, 2.05) is 0 Å². The molecule has 4 amide bonds. The highest BCUT2D eigenvalue weighted by molar-refractivity contribution is 6.00. The van der Waals surface area contributed by atoms with E-state index in [0.717, 1.165) is 63.9 Å². The zero-order valence-corrected chi connectivity index (χ0v) is 42.7. The fourth-order valence-electron chi connectivity index (χ4n) is 9.17. The molecule has 20 nitrogen and oxygen atoms in total. The van der Waals surface area contributed by atoms with Gasteiger partial charge in [-0.25, -0.2) is 36.6 Å². The second-order valence-electron chi connectivity index (χ2n) is 18.7. The number of carbonyl (C=O) groups excluding carboxylic acids is 6. The lowest BCUT2D eigenvalue weighted by Crippen LogP contribution is -2.35. The fraction of sp³-hybridized carbons (Fsp3) is 0.222. The highest BCUT2D eigenvalue weighted by atomic mass is 19.4. The van der Waals surface area contributed by atoms with Gasteiger partial charge in [-0.1, -0.05) is 36.4 Å². The van der Waals surface area contributed by atoms with Gasteiger partial charge in [0, 0.05) is 49.2 Å². The van der Waals surface area contributed by atoms with Gasteiger partial charge in [-0.15, -0.1) is 13.2 Å². The van der Waals surface area contributed by atoms with Crippen LogP contribution in [0.2, 0.25) is 0 Å². The maximum absolute atomic E-state index is 14.5. The molecule has 430 valence electrons. The second-order valence-corrected chi connectivity index (χ2v) is 18.7. The number of aliphatic hydroxyl groups is 2. The summed E-state index contributed by atoms with van der Waals surface area (Å²) in [5.74, 6) is -9.69. The summed E-state index contributed by atoms with van der Waals surface area (Å²) in [6, 6.07) is 15.7. The first-order valence-corrected chi connectivity index (χ1v) is 24.5. The van der Waals surface area contributed by atoms with Crippen LogP contribution in [-0.4, -0.2) is 99.8 Å². The van der Waals surface area contributed by atoms with E-state index >= 15 is 0 Å². The van der Waals surface area contributed by atoms with E-state index in [4.69, 9.17) is 0 Å². The third-order valence-corrected chi connectivity index (χ3v) is 13.1. The van der Waals surface area contributed by atoms with Crippen molar-refractivity contribution in [1.82, 2.24) is 50.5 Å². The third kappa shape index (κ3) is 12.7. The van der Waals surface area contributed by atoms with Gasteiger partial charge in [0.2, 0.25) is 0 Å². The summed E-state index contributed by atoms with van der Waals surface area (Å²) < 4.78 is 128. The van der Waals surface area contributed by atoms with E-state index in [1.54, 1.807) is 36.4 Å². The minimum atomic E-state index is -5.14. The summed E-state index contributed by atoms with van der Waals surface area (Å²) in [5.41, 5.74) is 1.42. The Morgan fingerprint density at radius 2 is 1.01 bits per heavy atom. The van der Waals surface area contributed by atoms with Gasteiger partial charge in [0.15, 0.2) is 57.6 Å². The lowest BCUT2D eigenvalue weighted by molar-refractivity contribution is -0.275. The molecule has 29 heteroatoms. The Kier molecular flexibility index (Phi) is 16.3. The molecule has 0 aliphatic heterocycles. The van der Waals surface area contributed by atoms with Crippen LogP contribution in [0.5, 0.6) is 11.5 Å². The number of Topliss-reactive ketones (excluding diaryl/α,β-unsaturated/α-hetero) is 2. The van der Waals surface area contributed by atoms with Gasteiger partial charge in [-0.2, -0.15) is 19.0 Å². The van der Waals surface area contributed by atoms with Crippen molar-refractivity contribution in [2.45, 2.75) is 77.0 Å². The van der Waals surface area contributed by atoms with Crippen molar-refractivity contribution < 1.29 is 88.0 Å². The number of nitrogens with zero attached hydrogens (tertiary/aromatic N) is 6. The SMILES string of the molecule is CC(=O)c1ccc2c(c1)C[C@H](O)[C@@H]2NC(=O)c1cc(C(=O)NCc2ccc(F)c(OC(F)(F)F)c2)nc2c(F)cnn12.CC(=O)c1ccc2c(c1)C[C@H](O)[C@@H]2NC(=O)c1cc(C(=O)NCc2ccc(F)c(OC(F)F)c2)nc2c(F)cnn12. The summed E-state index contributed by atoms with van der Waals surface area (Å²) in [6.07, 6.45) is -5.25. The molecule has 0 saturated carbocycles. The number of amides is 4. The van der Waals surface area contributed by atoms with E-state index in [2.05, 4.69) is 50.9 Å². The molecular formula is C54H41F9N10O10. The second kappa shape index (κ2) is 23.4. The highest BCUT2D eigenvalue weighted by Crippen LogP contribution is 2.35. The Labute approximate surface area is 460 Å². The summed E-state index contributed by atoms with van der Waals surface area (Å²) in [5, 5.41) is 39.0. The number of halogens is 9. The number of hydrogen-bond acceptors (Lipinski definition) is 14. The molecule has 0 radical (unpaired) electrons. The summed E-state index contributed by atoms with van der Waals surface area (Å²) in [7, 11) is 0. The number of rotatable bonds is 15. The van der Waals surface area contributed by atoms with Gasteiger partial charge in [0.1, 0.15) is 22.8 Å². The van der Waals surface area contributed by atoms with E-state index in [-0.39, 0.29) is 59.2 Å². The van der Waals surface area contributed by atoms with Crippen molar-refractivity contribution in [3.8, 4) is 11.5 Å². The molecule has 4 heterocycles. The van der Waals surface area contributed by atoms with Gasteiger partial charge in [-0.3, -0.25) is 28.8 Å². The largest absolute Gasteiger partial charge is 0.573 e. The number of carbonyl (C=O) groups is 6. The van der Waals surface area contributed by atoms with Crippen molar-refractivity contribution >= 4 is 46.5 Å². The molecule has 83 heavy (non-hydrogen) atoms. The monoisotopic (exact) mass is 1160 g/mol. The van der Waals surface area contributed by atoms with Crippen LogP contribution in [0.15, 0.2) is 97.3 Å². The normalized spacial score (nSPS) is 16.2. The molecule has 6 N–H and O–H groups in total. The number of ether oxygens (including phenoxy) is 2. The first-order chi connectivity index (χ1) is 39.3. The van der Waals surface area contributed by atoms with Crippen LogP contribution >= 0.6 is 0 Å². The number of benzene rings is 4. The Bertz CT molecular complexity index is 3930. The maximum Gasteiger partial charge on any atom is 0.573 e. The molecule has 8 aromatic rings. The Balaban J connectivity index is 0.000000200. The Hall–Kier alpha value is -9.77. The predicted molar refractivity (Wildman–Crippen MR) is 267 cm³/mol. The van der Waals surface area contributed by atoms with E-state index in [9.17, 15) is 78.5 Å². The standard InChI is InChI=1S/C27H20F5N5O5.C27H21F4N5O5/c1-12(38)14-3-4-16-15(7-14)8-21(39)23(16)36-26(41)20-9-19(35-24-18(29)11-34-37(20)24)25(40)33-10-13-2-5-17(28)22(6-13)42-27(30,31)32;1-12(37)14-3-4-16-15(7-14)8-21(38)23(16)35-26(40)20-9-19(34-24-18(29)11-33-36(20)24)25(39)32-10-13-2-5-17(28)22(6-13)41-27(30)31/h2-7,9,11,21,23,39H,8,10H2,1H3,(H,33,40)(H,36,41);2-7,9,11,21,23,27,38H,8,10H2,1H3,(H,32,39)(H,35,40)/t2*21-,23+/m00/s1. The van der Waals surface area contributed by atoms with E-state index in [0.29, 0.717) is 33.4 Å². The molecule has 4 aromatic heterocycles. The van der Waals surface area contributed by atoms with Crippen molar-refractivity contribution in [2.24, 2.45) is 0 Å². The van der Waals surface area contributed by atoms with Crippen molar-refractivity contribution in [2.75, 3.05) is 0 Å². The van der Waals surface area contributed by atoms with Crippen LogP contribution in [0.1, 0.15) is 122 Å². The maximum atomic E-state index is 14.5. The van der Waals surface area contributed by atoms with Crippen LogP contribution in [0.3, 0.4) is 0 Å². The minimum Gasteiger partial charge on any atom is -0.432 e. The van der Waals surface area contributed by atoms with Crippen LogP contribution in [0.4, 0.5) is 39.5 Å². The molecule has 10 rings (SSSR count). The molecule has 0 fully saturated rings. The van der Waals surface area contributed by atoms with Gasteiger partial charge in [0.05, 0.1) is 36.7 Å². The first kappa shape index (κ1) is 57.9. The predicted octanol–water partition coefficient (Wildman–Crippen LogP) is 6.56. The average Bonchev–Trinajstić information content (AvgIpc) is 4.40. The average molecular weight is 1160 g/mol. The number of nitrogens with one attached hydrogen (secondary N) is 4. The number of ketones is 2. The summed E-state index contributed by atoms with van der Waals surface area (Å²) >= 11 is 0. The minimum absolute atomic E-state index is 0.0420. The highest BCUT2D eigenvalue weighted by Gasteiger charge is 2.36. The summed E-state index contributed by atoms with van der Waals surface area (Å²) in [4.78, 5) is 83.7. The number of aliphatic hydroxyl groups excluding tert-OH is 2. The molecule has 4 aromatic carbocycles. The molecule has 4 atom stereocenters. The summed E-state index contributed by atoms with van der Waals surface area (Å²) in [6.45, 7) is -1.09. The molecule has 2 aliphatic rings. The van der Waals surface area contributed by atoms with Crippen LogP contribution in [0, 0.1) is 23.3 Å². The smallest absolute Gasteiger partial charge is 0.432 e. The molecule has 0 bridgehead atoms. The van der Waals surface area contributed by atoms with Gasteiger partial charge >= 0.3 is 13.0 Å². The fourth-order valence-corrected chi connectivity index (χ4v) is 9.17. The van der Waals surface area contributed by atoms with Crippen LogP contribution in [0.25, 0.3) is 11.3 Å². The molecule has 0 unspecified atom stereocenters. The first-order valence-electron chi connectivity index (χ1n) is 24.5. The zero-order valence-electron chi connectivity index (χ0n) is 42.7. The Morgan fingerprint density at radius 3 is 1.42 bits per heavy atom. The van der Waals surface area contributed by atoms with Crippen molar-refractivity contribution in [3.63, 3.8) is 0 Å². The van der Waals surface area contributed by atoms with E-state index < -0.39 is 119 Å². The van der Waals surface area contributed by atoms with Crippen LogP contribution < -0.4 is 30.7 Å². The number of hydrogen-bond donors (Lipinski definition) is 6. The van der Waals surface area contributed by atoms with Crippen LogP contribution in [-0.2, 0) is 25.9 Å². The zero-order chi connectivity index (χ0) is 59.8. The van der Waals surface area contributed by atoms with E-state index in [1.165, 1.54) is 19.9 Å². The number of aromatic nitrogens is 6. The number of alkyl halides is 5. The lowest BCUT2D eigenvalue weighted by Gasteiger charge is -2.18. The number of fused-ring (bicyclic) bond motifs is 4.